The molecule has 0 aliphatic carbocycles. The lowest BCUT2D eigenvalue weighted by Crippen LogP contribution is -2.55. The summed E-state index contributed by atoms with van der Waals surface area (Å²) in [5.74, 6) is -0.348. The van der Waals surface area contributed by atoms with Gasteiger partial charge in [0, 0.05) is 29.6 Å². The Bertz CT molecular complexity index is 1260. The van der Waals surface area contributed by atoms with Gasteiger partial charge in [0.15, 0.2) is 5.16 Å². The molecule has 0 fully saturated rings. The largest absolute Gasteiger partial charge is 0.497 e. The van der Waals surface area contributed by atoms with Gasteiger partial charge in [-0.3, -0.25) is 9.59 Å². The molecule has 2 amide bonds. The first kappa shape index (κ1) is 27.9. The van der Waals surface area contributed by atoms with Crippen LogP contribution in [0.25, 0.3) is 0 Å². The van der Waals surface area contributed by atoms with Crippen LogP contribution in [-0.4, -0.2) is 52.2 Å². The molecule has 2 aromatic carbocycles. The number of halogens is 1. The number of ether oxygens (including phenoxy) is 2. The van der Waals surface area contributed by atoms with Gasteiger partial charge in [-0.15, -0.1) is 0 Å². The third-order valence-corrected chi connectivity index (χ3v) is 6.59. The lowest BCUT2D eigenvalue weighted by atomic mass is 9.99. The number of aryl methyl sites for hydroxylation is 2. The zero-order chi connectivity index (χ0) is 27.2. The second kappa shape index (κ2) is 12.1. The van der Waals surface area contributed by atoms with Gasteiger partial charge in [0.2, 0.25) is 11.8 Å². The van der Waals surface area contributed by atoms with Crippen LogP contribution in [0.3, 0.4) is 0 Å². The van der Waals surface area contributed by atoms with Crippen molar-refractivity contribution in [2.45, 2.75) is 44.9 Å². The van der Waals surface area contributed by atoms with Crippen molar-refractivity contribution in [3.05, 3.63) is 71.3 Å². The monoisotopic (exact) mass is 526 g/mol. The number of carbonyl (C=O) groups is 2. The predicted molar refractivity (Wildman–Crippen MR) is 141 cm³/mol. The van der Waals surface area contributed by atoms with E-state index in [0.717, 1.165) is 11.4 Å². The highest BCUT2D eigenvalue weighted by Crippen LogP contribution is 2.31. The maximum atomic E-state index is 14.6. The number of aromatic nitrogens is 2. The Kier molecular flexibility index (Phi) is 9.09. The number of methoxy groups -OCH3 is 2. The molecule has 0 unspecified atom stereocenters. The fraction of sp³-hybridized carbons (Fsp3) is 0.333. The normalized spacial score (nSPS) is 11.1. The Morgan fingerprint density at radius 2 is 1.70 bits per heavy atom. The first-order valence-corrected chi connectivity index (χ1v) is 12.6. The van der Waals surface area contributed by atoms with E-state index in [1.807, 2.05) is 19.9 Å². The van der Waals surface area contributed by atoms with Crippen LogP contribution in [0.15, 0.2) is 53.7 Å². The molecule has 0 aliphatic rings. The van der Waals surface area contributed by atoms with Gasteiger partial charge in [0.25, 0.3) is 0 Å². The minimum Gasteiger partial charge on any atom is -0.497 e. The molecule has 0 aliphatic heterocycles. The minimum atomic E-state index is -1.35. The molecule has 3 aromatic rings. The molecule has 37 heavy (non-hydrogen) atoms. The van der Waals surface area contributed by atoms with Gasteiger partial charge in [-0.25, -0.2) is 14.4 Å². The zero-order valence-electron chi connectivity index (χ0n) is 21.8. The maximum absolute atomic E-state index is 14.6. The third kappa shape index (κ3) is 6.97. The topological polar surface area (TPSA) is 93.7 Å². The van der Waals surface area contributed by atoms with Crippen molar-refractivity contribution in [3.8, 4) is 11.5 Å². The van der Waals surface area contributed by atoms with E-state index in [-0.39, 0.29) is 18.2 Å². The molecular weight excluding hydrogens is 495 g/mol. The summed E-state index contributed by atoms with van der Waals surface area (Å²) in [7, 11) is 3.01. The Morgan fingerprint density at radius 1 is 1.03 bits per heavy atom. The maximum Gasteiger partial charge on any atom is 0.249 e. The molecule has 3 rings (SSSR count). The molecule has 10 heteroatoms. The van der Waals surface area contributed by atoms with E-state index in [1.54, 1.807) is 50.2 Å². The number of amides is 2. The average molecular weight is 527 g/mol. The summed E-state index contributed by atoms with van der Waals surface area (Å²) in [6.07, 6.45) is 0. The lowest BCUT2D eigenvalue weighted by Gasteiger charge is -2.37. The standard InChI is InChI=1S/C27H31FN4O4S/c1-17-13-18(2)30-26(29-17)37-16-24(33)32(15-19-9-7-8-10-21(19)28)27(3,4)25(34)31-22-12-11-20(35-5)14-23(22)36-6/h7-14H,15-16H2,1-6H3,(H,31,34). The van der Waals surface area contributed by atoms with Gasteiger partial charge in [-0.2, -0.15) is 0 Å². The zero-order valence-corrected chi connectivity index (χ0v) is 22.6. The highest BCUT2D eigenvalue weighted by atomic mass is 32.2. The average Bonchev–Trinajstić information content (AvgIpc) is 2.86. The van der Waals surface area contributed by atoms with Crippen molar-refractivity contribution >= 4 is 29.3 Å². The van der Waals surface area contributed by atoms with E-state index < -0.39 is 17.3 Å². The quantitative estimate of drug-likeness (QED) is 0.300. The first-order valence-electron chi connectivity index (χ1n) is 11.6. The summed E-state index contributed by atoms with van der Waals surface area (Å²) < 4.78 is 25.2. The second-order valence-electron chi connectivity index (χ2n) is 8.87. The number of thioether (sulfide) groups is 1. The number of benzene rings is 2. The van der Waals surface area contributed by atoms with E-state index in [9.17, 15) is 14.0 Å². The van der Waals surface area contributed by atoms with Crippen LogP contribution in [0.5, 0.6) is 11.5 Å². The lowest BCUT2D eigenvalue weighted by molar-refractivity contribution is -0.142. The SMILES string of the molecule is COc1ccc(NC(=O)C(C)(C)N(Cc2ccccc2F)C(=O)CSc2nc(C)cc(C)n2)c(OC)c1. The van der Waals surface area contributed by atoms with Crippen molar-refractivity contribution < 1.29 is 23.5 Å². The number of carbonyl (C=O) groups excluding carboxylic acids is 2. The van der Waals surface area contributed by atoms with Gasteiger partial charge in [-0.05, 0) is 52.0 Å². The molecule has 1 heterocycles. The summed E-state index contributed by atoms with van der Waals surface area (Å²) in [6, 6.07) is 13.0. The molecule has 196 valence electrons. The van der Waals surface area contributed by atoms with E-state index in [2.05, 4.69) is 15.3 Å². The fourth-order valence-electron chi connectivity index (χ4n) is 3.66. The van der Waals surface area contributed by atoms with Crippen LogP contribution < -0.4 is 14.8 Å². The van der Waals surface area contributed by atoms with Gasteiger partial charge in [0.05, 0.1) is 25.7 Å². The number of anilines is 1. The van der Waals surface area contributed by atoms with Crippen molar-refractivity contribution in [1.29, 1.82) is 0 Å². The predicted octanol–water partition coefficient (Wildman–Crippen LogP) is 4.79. The molecule has 0 saturated carbocycles. The van der Waals surface area contributed by atoms with Crippen LogP contribution in [0.1, 0.15) is 30.8 Å². The molecule has 0 spiro atoms. The van der Waals surface area contributed by atoms with E-state index >= 15 is 0 Å². The Morgan fingerprint density at radius 3 is 2.32 bits per heavy atom. The summed E-state index contributed by atoms with van der Waals surface area (Å²) in [5, 5.41) is 3.30. The van der Waals surface area contributed by atoms with Crippen LogP contribution in [-0.2, 0) is 16.1 Å². The van der Waals surface area contributed by atoms with Crippen LogP contribution in [0, 0.1) is 19.7 Å². The number of hydrogen-bond acceptors (Lipinski definition) is 7. The summed E-state index contributed by atoms with van der Waals surface area (Å²) in [6.45, 7) is 6.85. The van der Waals surface area contributed by atoms with Gasteiger partial charge in [0.1, 0.15) is 22.9 Å². The molecule has 0 bridgehead atoms. The van der Waals surface area contributed by atoms with Crippen molar-refractivity contribution in [2.24, 2.45) is 0 Å². The fourth-order valence-corrected chi connectivity index (χ4v) is 4.48. The highest BCUT2D eigenvalue weighted by molar-refractivity contribution is 7.99. The number of nitrogens with zero attached hydrogens (tertiary/aromatic N) is 3. The van der Waals surface area contributed by atoms with Crippen LogP contribution in [0.2, 0.25) is 0 Å². The Labute approximate surface area is 220 Å². The summed E-state index contributed by atoms with van der Waals surface area (Å²) >= 11 is 1.17. The molecule has 0 saturated heterocycles. The molecule has 8 nitrogen and oxygen atoms in total. The minimum absolute atomic E-state index is 0.0279. The van der Waals surface area contributed by atoms with E-state index in [0.29, 0.717) is 27.9 Å². The van der Waals surface area contributed by atoms with Gasteiger partial charge in [-0.1, -0.05) is 30.0 Å². The third-order valence-electron chi connectivity index (χ3n) is 5.76. The summed E-state index contributed by atoms with van der Waals surface area (Å²) in [4.78, 5) is 37.1. The Balaban J connectivity index is 1.88. The van der Waals surface area contributed by atoms with Crippen molar-refractivity contribution in [3.63, 3.8) is 0 Å². The van der Waals surface area contributed by atoms with Gasteiger partial charge >= 0.3 is 0 Å². The van der Waals surface area contributed by atoms with Crippen LogP contribution in [0.4, 0.5) is 10.1 Å². The molecule has 1 aromatic heterocycles. The molecular formula is C27H31FN4O4S. The number of nitrogens with one attached hydrogen (secondary N) is 1. The van der Waals surface area contributed by atoms with E-state index in [1.165, 1.54) is 36.9 Å². The second-order valence-corrected chi connectivity index (χ2v) is 9.82. The number of hydrogen-bond donors (Lipinski definition) is 1. The number of rotatable bonds is 10. The van der Waals surface area contributed by atoms with Gasteiger partial charge < -0.3 is 19.7 Å². The smallest absolute Gasteiger partial charge is 0.249 e. The molecule has 1 N–H and O–H groups in total. The molecule has 0 atom stereocenters. The summed E-state index contributed by atoms with van der Waals surface area (Å²) in [5.41, 5.74) is 0.940. The van der Waals surface area contributed by atoms with E-state index in [4.69, 9.17) is 9.47 Å². The van der Waals surface area contributed by atoms with Crippen LogP contribution >= 0.6 is 11.8 Å². The van der Waals surface area contributed by atoms with Crippen molar-refractivity contribution in [2.75, 3.05) is 25.3 Å². The Hall–Kier alpha value is -3.66. The first-order chi connectivity index (χ1) is 17.5. The molecule has 0 radical (unpaired) electrons. The highest BCUT2D eigenvalue weighted by Gasteiger charge is 2.38. The van der Waals surface area contributed by atoms with Crippen molar-refractivity contribution in [1.82, 2.24) is 14.9 Å².